The molecule has 0 saturated carbocycles. The van der Waals surface area contributed by atoms with Crippen LogP contribution in [0.15, 0.2) is 18.7 Å². The van der Waals surface area contributed by atoms with E-state index in [0.29, 0.717) is 0 Å². The summed E-state index contributed by atoms with van der Waals surface area (Å²) >= 11 is 0. The number of imidazole rings is 1. The SMILES string of the molecule is CC(O)n1cc[n+](C)c1.O=P([O-])(O)O. The van der Waals surface area contributed by atoms with E-state index in [9.17, 15) is 0 Å². The van der Waals surface area contributed by atoms with Gasteiger partial charge in [-0.2, -0.15) is 0 Å². The van der Waals surface area contributed by atoms with Crippen LogP contribution in [-0.4, -0.2) is 19.5 Å². The molecule has 0 aliphatic heterocycles. The first-order chi connectivity index (χ1) is 6.20. The molecule has 8 heteroatoms. The van der Waals surface area contributed by atoms with Crippen LogP contribution in [0.25, 0.3) is 0 Å². The second kappa shape index (κ2) is 5.23. The van der Waals surface area contributed by atoms with Crippen molar-refractivity contribution in [2.75, 3.05) is 0 Å². The molecule has 0 fully saturated rings. The van der Waals surface area contributed by atoms with Gasteiger partial charge in [-0.3, -0.25) is 4.57 Å². The van der Waals surface area contributed by atoms with E-state index in [1.54, 1.807) is 11.5 Å². The molecule has 7 nitrogen and oxygen atoms in total. The summed E-state index contributed by atoms with van der Waals surface area (Å²) in [5.74, 6) is 0. The Bertz CT molecular complexity index is 310. The van der Waals surface area contributed by atoms with Crippen molar-refractivity contribution in [2.24, 2.45) is 7.05 Å². The first kappa shape index (κ1) is 13.3. The van der Waals surface area contributed by atoms with Crippen LogP contribution in [0.2, 0.25) is 0 Å². The van der Waals surface area contributed by atoms with Crippen molar-refractivity contribution in [3.05, 3.63) is 18.7 Å². The Morgan fingerprint density at radius 1 is 1.57 bits per heavy atom. The molecule has 1 aromatic rings. The maximum atomic E-state index is 8.99. The molecule has 0 aliphatic rings. The second-order valence-electron chi connectivity index (χ2n) is 2.65. The Labute approximate surface area is 81.1 Å². The Morgan fingerprint density at radius 2 is 2.00 bits per heavy atom. The van der Waals surface area contributed by atoms with Gasteiger partial charge >= 0.3 is 0 Å². The van der Waals surface area contributed by atoms with Crippen LogP contribution in [-0.2, 0) is 11.6 Å². The minimum atomic E-state index is -4.89. The Hall–Kier alpha value is -0.720. The molecule has 0 spiro atoms. The molecule has 0 saturated heterocycles. The summed E-state index contributed by atoms with van der Waals surface area (Å²) in [6.45, 7) is 1.72. The quantitative estimate of drug-likeness (QED) is 0.387. The van der Waals surface area contributed by atoms with Crippen LogP contribution in [0.1, 0.15) is 13.2 Å². The highest BCUT2D eigenvalue weighted by atomic mass is 31.2. The molecule has 1 aromatic heterocycles. The first-order valence-corrected chi connectivity index (χ1v) is 5.20. The summed E-state index contributed by atoms with van der Waals surface area (Å²) in [5, 5.41) is 8.99. The smallest absolute Gasteiger partial charge is 0.262 e. The number of aliphatic hydroxyl groups is 1. The fourth-order valence-electron chi connectivity index (χ4n) is 0.690. The number of hydrogen-bond acceptors (Lipinski definition) is 3. The third kappa shape index (κ3) is 7.90. The summed E-state index contributed by atoms with van der Waals surface area (Å²) < 4.78 is 12.4. The third-order valence-electron chi connectivity index (χ3n) is 1.22. The largest absolute Gasteiger partial charge is 0.756 e. The zero-order valence-corrected chi connectivity index (χ0v) is 8.70. The number of aliphatic hydroxyl groups excluding tert-OH is 1. The Balaban J connectivity index is 0.000000292. The number of aromatic nitrogens is 2. The van der Waals surface area contributed by atoms with Crippen LogP contribution in [0.3, 0.4) is 0 Å². The predicted octanol–water partition coefficient (Wildman–Crippen LogP) is -1.74. The van der Waals surface area contributed by atoms with Gasteiger partial charge in [-0.1, -0.05) is 0 Å². The van der Waals surface area contributed by atoms with E-state index in [1.807, 2.05) is 30.3 Å². The van der Waals surface area contributed by atoms with Crippen LogP contribution >= 0.6 is 7.82 Å². The van der Waals surface area contributed by atoms with E-state index in [2.05, 4.69) is 0 Å². The molecule has 14 heavy (non-hydrogen) atoms. The molecule has 0 aliphatic carbocycles. The molecular weight excluding hydrogens is 211 g/mol. The van der Waals surface area contributed by atoms with Crippen molar-refractivity contribution < 1.29 is 28.9 Å². The van der Waals surface area contributed by atoms with Gasteiger partial charge < -0.3 is 19.8 Å². The van der Waals surface area contributed by atoms with Crippen LogP contribution < -0.4 is 9.46 Å². The lowest BCUT2D eigenvalue weighted by Gasteiger charge is -2.01. The highest BCUT2D eigenvalue weighted by Crippen LogP contribution is 2.18. The minimum Gasteiger partial charge on any atom is -0.756 e. The van der Waals surface area contributed by atoms with E-state index in [1.165, 1.54) is 0 Å². The molecule has 1 rings (SSSR count). The standard InChI is InChI=1S/C6H11N2O.H3O4P/c1-6(9)8-4-3-7(2)5-8;1-5(2,3)4/h3-6,9H,1-2H3;(H3,1,2,3,4)/q+1;/p-1. The number of aryl methyl sites for hydroxylation is 1. The number of rotatable bonds is 1. The fraction of sp³-hybridized carbons (Fsp3) is 0.500. The van der Waals surface area contributed by atoms with E-state index < -0.39 is 14.1 Å². The molecule has 3 N–H and O–H groups in total. The number of phosphoric acid groups is 1. The molecule has 1 atom stereocenters. The maximum Gasteiger partial charge on any atom is 0.262 e. The van der Waals surface area contributed by atoms with Crippen molar-refractivity contribution in [1.29, 1.82) is 0 Å². The summed E-state index contributed by atoms with van der Waals surface area (Å²) in [7, 11) is -2.97. The summed E-state index contributed by atoms with van der Waals surface area (Å²) in [6.07, 6.45) is 5.10. The van der Waals surface area contributed by atoms with Gasteiger partial charge in [0.15, 0.2) is 6.23 Å². The molecule has 1 heterocycles. The lowest BCUT2D eigenvalue weighted by Crippen LogP contribution is -2.24. The van der Waals surface area contributed by atoms with Crippen molar-refractivity contribution in [1.82, 2.24) is 4.57 Å². The first-order valence-electron chi connectivity index (χ1n) is 3.67. The Morgan fingerprint density at radius 3 is 2.14 bits per heavy atom. The maximum absolute atomic E-state index is 8.99. The van der Waals surface area contributed by atoms with Gasteiger partial charge in [-0.25, -0.2) is 9.13 Å². The normalized spacial score (nSPS) is 13.0. The van der Waals surface area contributed by atoms with Crippen molar-refractivity contribution in [2.45, 2.75) is 13.2 Å². The van der Waals surface area contributed by atoms with Crippen molar-refractivity contribution >= 4 is 7.82 Å². The van der Waals surface area contributed by atoms with Gasteiger partial charge in [-0.05, 0) is 0 Å². The molecular formula is C6H13N2O5P. The molecule has 0 amide bonds. The molecule has 82 valence electrons. The second-order valence-corrected chi connectivity index (χ2v) is 3.63. The average Bonchev–Trinajstić information content (AvgIpc) is 2.31. The topological polar surface area (TPSA) is 110 Å². The number of nitrogens with zero attached hydrogens (tertiary/aromatic N) is 2. The van der Waals surface area contributed by atoms with Gasteiger partial charge in [0.2, 0.25) is 6.33 Å². The van der Waals surface area contributed by atoms with Crippen LogP contribution in [0.4, 0.5) is 0 Å². The summed E-state index contributed by atoms with van der Waals surface area (Å²) in [6, 6.07) is 0. The van der Waals surface area contributed by atoms with Gasteiger partial charge in [0.05, 0.1) is 7.05 Å². The highest BCUT2D eigenvalue weighted by molar-refractivity contribution is 7.43. The Kier molecular flexibility index (Phi) is 4.96. The lowest BCUT2D eigenvalue weighted by atomic mass is 10.6. The zero-order valence-electron chi connectivity index (χ0n) is 7.81. The van der Waals surface area contributed by atoms with Gasteiger partial charge in [0.25, 0.3) is 7.82 Å². The summed E-state index contributed by atoms with van der Waals surface area (Å²) in [5.41, 5.74) is 0. The van der Waals surface area contributed by atoms with Crippen molar-refractivity contribution in [3.8, 4) is 0 Å². The van der Waals surface area contributed by atoms with E-state index in [4.69, 9.17) is 24.4 Å². The van der Waals surface area contributed by atoms with Gasteiger partial charge in [-0.15, -0.1) is 0 Å². The zero-order chi connectivity index (χ0) is 11.4. The van der Waals surface area contributed by atoms with Gasteiger partial charge in [0.1, 0.15) is 12.4 Å². The van der Waals surface area contributed by atoms with E-state index in [-0.39, 0.29) is 0 Å². The van der Waals surface area contributed by atoms with E-state index in [0.717, 1.165) is 0 Å². The number of hydrogen-bond donors (Lipinski definition) is 3. The fourth-order valence-corrected chi connectivity index (χ4v) is 0.690. The lowest BCUT2D eigenvalue weighted by molar-refractivity contribution is -0.671. The summed E-state index contributed by atoms with van der Waals surface area (Å²) in [4.78, 5) is 22.9. The van der Waals surface area contributed by atoms with Crippen LogP contribution in [0, 0.1) is 0 Å². The predicted molar refractivity (Wildman–Crippen MR) is 44.6 cm³/mol. The molecule has 1 unspecified atom stereocenters. The molecule has 0 radical (unpaired) electrons. The monoisotopic (exact) mass is 224 g/mol. The van der Waals surface area contributed by atoms with Gasteiger partial charge in [0, 0.05) is 6.92 Å². The average molecular weight is 224 g/mol. The van der Waals surface area contributed by atoms with Crippen LogP contribution in [0.5, 0.6) is 0 Å². The molecule has 0 bridgehead atoms. The van der Waals surface area contributed by atoms with Crippen molar-refractivity contribution in [3.63, 3.8) is 0 Å². The highest BCUT2D eigenvalue weighted by Gasteiger charge is 2.03. The third-order valence-corrected chi connectivity index (χ3v) is 1.22. The minimum absolute atomic E-state index is 0.425. The van der Waals surface area contributed by atoms with E-state index >= 15 is 0 Å². The molecule has 0 aromatic carbocycles.